The number of halogens is 1. The lowest BCUT2D eigenvalue weighted by Gasteiger charge is -2.08. The number of carbonyl (C=O) groups excluding carboxylic acids is 1. The fraction of sp³-hybridized carbons (Fsp3) is 0.308. The lowest BCUT2D eigenvalue weighted by atomic mass is 10.4. The molecule has 0 unspecified atom stereocenters. The van der Waals surface area contributed by atoms with E-state index < -0.39 is 0 Å². The van der Waals surface area contributed by atoms with E-state index in [2.05, 4.69) is 36.6 Å². The molecule has 2 amide bonds. The van der Waals surface area contributed by atoms with Gasteiger partial charge in [-0.2, -0.15) is 5.10 Å². The number of aryl methyl sites for hydroxylation is 2. The van der Waals surface area contributed by atoms with E-state index in [1.807, 2.05) is 29.9 Å². The fourth-order valence-electron chi connectivity index (χ4n) is 1.65. The van der Waals surface area contributed by atoms with Gasteiger partial charge >= 0.3 is 6.03 Å². The highest BCUT2D eigenvalue weighted by Crippen LogP contribution is 2.15. The normalized spacial score (nSPS) is 10.3. The third kappa shape index (κ3) is 4.34. The van der Waals surface area contributed by atoms with Gasteiger partial charge in [-0.3, -0.25) is 10.00 Å². The van der Waals surface area contributed by atoms with Gasteiger partial charge in [-0.05, 0) is 47.5 Å². The van der Waals surface area contributed by atoms with Crippen molar-refractivity contribution in [3.05, 3.63) is 40.8 Å². The molecular weight excluding hydrogens is 322 g/mol. The maximum absolute atomic E-state index is 11.7. The van der Waals surface area contributed by atoms with E-state index in [0.29, 0.717) is 12.4 Å². The third-order valence-corrected chi connectivity index (χ3v) is 3.51. The molecule has 0 saturated heterocycles. The Morgan fingerprint density at radius 3 is 3.00 bits per heavy atom. The van der Waals surface area contributed by atoms with Gasteiger partial charge in [-0.15, -0.1) is 0 Å². The van der Waals surface area contributed by atoms with Crippen molar-refractivity contribution in [3.63, 3.8) is 0 Å². The lowest BCUT2D eigenvalue weighted by Crippen LogP contribution is -2.30. The van der Waals surface area contributed by atoms with Gasteiger partial charge in [0.15, 0.2) is 0 Å². The molecule has 0 saturated carbocycles. The minimum absolute atomic E-state index is 0.250. The molecule has 7 heteroatoms. The van der Waals surface area contributed by atoms with Crippen LogP contribution in [0.2, 0.25) is 0 Å². The first-order valence-electron chi connectivity index (χ1n) is 6.30. The van der Waals surface area contributed by atoms with Crippen molar-refractivity contribution in [2.24, 2.45) is 0 Å². The summed E-state index contributed by atoms with van der Waals surface area (Å²) in [6.45, 7) is 3.24. The quantitative estimate of drug-likeness (QED) is 0.823. The second-order valence-corrected chi connectivity index (χ2v) is 5.12. The highest BCUT2D eigenvalue weighted by atomic mass is 79.9. The molecular formula is C13H16BrN5O. The summed E-state index contributed by atoms with van der Waals surface area (Å²) < 4.78 is 2.75. The highest BCUT2D eigenvalue weighted by Gasteiger charge is 2.03. The van der Waals surface area contributed by atoms with Crippen LogP contribution < -0.4 is 10.6 Å². The number of hydrogen-bond donors (Lipinski definition) is 2. The van der Waals surface area contributed by atoms with Crippen molar-refractivity contribution in [2.75, 3.05) is 11.9 Å². The molecule has 0 aliphatic carbocycles. The summed E-state index contributed by atoms with van der Waals surface area (Å²) >= 11 is 3.37. The van der Waals surface area contributed by atoms with Crippen molar-refractivity contribution in [2.45, 2.75) is 19.9 Å². The van der Waals surface area contributed by atoms with Gasteiger partial charge in [0.2, 0.25) is 0 Å². The first-order valence-corrected chi connectivity index (χ1v) is 7.10. The largest absolute Gasteiger partial charge is 0.338 e. The van der Waals surface area contributed by atoms with Crippen LogP contribution in [0.1, 0.15) is 12.1 Å². The van der Waals surface area contributed by atoms with Gasteiger partial charge in [0, 0.05) is 30.0 Å². The minimum atomic E-state index is -0.250. The summed E-state index contributed by atoms with van der Waals surface area (Å²) in [5.74, 6) is 0.537. The van der Waals surface area contributed by atoms with E-state index >= 15 is 0 Å². The van der Waals surface area contributed by atoms with Crippen LogP contribution in [0, 0.1) is 6.92 Å². The van der Waals surface area contributed by atoms with Gasteiger partial charge in [0.05, 0.1) is 5.69 Å². The molecule has 2 N–H and O–H groups in total. The Kier molecular flexibility index (Phi) is 5.11. The van der Waals surface area contributed by atoms with E-state index in [9.17, 15) is 4.79 Å². The summed E-state index contributed by atoms with van der Waals surface area (Å²) in [5.41, 5.74) is 0.835. The molecule has 0 bridgehead atoms. The lowest BCUT2D eigenvalue weighted by molar-refractivity contribution is 0.251. The molecule has 0 fully saturated rings. The molecule has 2 rings (SSSR count). The van der Waals surface area contributed by atoms with E-state index in [1.165, 1.54) is 0 Å². The molecule has 106 valence electrons. The molecule has 0 aromatic carbocycles. The summed E-state index contributed by atoms with van der Waals surface area (Å²) in [6, 6.07) is 5.23. The molecule has 2 aromatic heterocycles. The molecule has 2 heterocycles. The minimum Gasteiger partial charge on any atom is -0.338 e. The number of nitrogens with one attached hydrogen (secondary N) is 2. The smallest absolute Gasteiger partial charge is 0.320 e. The number of anilines is 1. The Hall–Kier alpha value is -1.89. The molecule has 0 aliphatic heterocycles. The summed E-state index contributed by atoms with van der Waals surface area (Å²) in [6.07, 6.45) is 4.46. The van der Waals surface area contributed by atoms with Crippen LogP contribution in [-0.2, 0) is 6.54 Å². The molecule has 0 spiro atoms. The highest BCUT2D eigenvalue weighted by molar-refractivity contribution is 9.10. The van der Waals surface area contributed by atoms with Gasteiger partial charge in [-0.1, -0.05) is 0 Å². The zero-order chi connectivity index (χ0) is 14.4. The Balaban J connectivity index is 1.71. The molecule has 0 aliphatic rings. The maximum Gasteiger partial charge on any atom is 0.320 e. The summed E-state index contributed by atoms with van der Waals surface area (Å²) in [4.78, 5) is 15.9. The molecule has 0 atom stereocenters. The van der Waals surface area contributed by atoms with Crippen molar-refractivity contribution in [1.82, 2.24) is 20.1 Å². The van der Waals surface area contributed by atoms with Crippen LogP contribution in [0.5, 0.6) is 0 Å². The maximum atomic E-state index is 11.7. The predicted octanol–water partition coefficient (Wildman–Crippen LogP) is 2.56. The van der Waals surface area contributed by atoms with Crippen LogP contribution in [-0.4, -0.2) is 27.3 Å². The van der Waals surface area contributed by atoms with E-state index in [1.54, 1.807) is 12.3 Å². The topological polar surface area (TPSA) is 71.8 Å². The first-order chi connectivity index (χ1) is 9.65. The second kappa shape index (κ2) is 7.04. The Bertz CT molecular complexity index is 570. The van der Waals surface area contributed by atoms with Crippen LogP contribution >= 0.6 is 15.9 Å². The number of pyridine rings is 1. The number of amides is 2. The predicted molar refractivity (Wildman–Crippen MR) is 80.5 cm³/mol. The Morgan fingerprint density at radius 2 is 2.30 bits per heavy atom. The van der Waals surface area contributed by atoms with Crippen molar-refractivity contribution >= 4 is 27.8 Å². The number of hydrogen-bond acceptors (Lipinski definition) is 3. The molecule has 0 radical (unpaired) electrons. The Labute approximate surface area is 125 Å². The van der Waals surface area contributed by atoms with Gasteiger partial charge in [0.1, 0.15) is 5.82 Å². The number of aromatic nitrogens is 3. The fourth-order valence-corrected chi connectivity index (χ4v) is 1.87. The van der Waals surface area contributed by atoms with E-state index in [4.69, 9.17) is 0 Å². The number of urea groups is 1. The van der Waals surface area contributed by atoms with Crippen LogP contribution in [0.3, 0.4) is 0 Å². The molecule has 6 nitrogen and oxygen atoms in total. The average Bonchev–Trinajstić information content (AvgIpc) is 2.92. The van der Waals surface area contributed by atoms with Crippen molar-refractivity contribution in [3.8, 4) is 0 Å². The van der Waals surface area contributed by atoms with Gasteiger partial charge < -0.3 is 5.32 Å². The Morgan fingerprint density at radius 1 is 1.45 bits per heavy atom. The van der Waals surface area contributed by atoms with Gasteiger partial charge in [0.25, 0.3) is 0 Å². The zero-order valence-corrected chi connectivity index (χ0v) is 12.7. The van der Waals surface area contributed by atoms with Crippen LogP contribution in [0.15, 0.2) is 35.1 Å². The first kappa shape index (κ1) is 14.5. The zero-order valence-electron chi connectivity index (χ0n) is 11.1. The van der Waals surface area contributed by atoms with E-state index in [-0.39, 0.29) is 6.03 Å². The molecule has 20 heavy (non-hydrogen) atoms. The second-order valence-electron chi connectivity index (χ2n) is 4.27. The number of rotatable bonds is 5. The number of carbonyl (C=O) groups is 1. The van der Waals surface area contributed by atoms with E-state index in [0.717, 1.165) is 23.1 Å². The monoisotopic (exact) mass is 337 g/mol. The number of nitrogens with zero attached hydrogens (tertiary/aromatic N) is 3. The van der Waals surface area contributed by atoms with Crippen molar-refractivity contribution < 1.29 is 4.79 Å². The summed E-state index contributed by atoms with van der Waals surface area (Å²) in [7, 11) is 0. The standard InChI is InChI=1S/C13H16BrN5O/c1-10-11(14)4-5-12(17-10)18-13(20)15-6-2-8-19-9-3-7-16-19/h3-5,7,9H,2,6,8H2,1H3,(H2,15,17,18,20). The van der Waals surface area contributed by atoms with Gasteiger partial charge in [-0.25, -0.2) is 9.78 Å². The van der Waals surface area contributed by atoms with Crippen LogP contribution in [0.25, 0.3) is 0 Å². The van der Waals surface area contributed by atoms with Crippen molar-refractivity contribution in [1.29, 1.82) is 0 Å². The molecule has 2 aromatic rings. The SMILES string of the molecule is Cc1nc(NC(=O)NCCCn2cccn2)ccc1Br. The summed E-state index contributed by atoms with van der Waals surface area (Å²) in [5, 5.41) is 9.58. The van der Waals surface area contributed by atoms with Crippen LogP contribution in [0.4, 0.5) is 10.6 Å². The third-order valence-electron chi connectivity index (χ3n) is 2.67. The average molecular weight is 338 g/mol.